The van der Waals surface area contributed by atoms with E-state index in [9.17, 15) is 9.90 Å². The van der Waals surface area contributed by atoms with Crippen molar-refractivity contribution in [1.82, 2.24) is 4.98 Å². The van der Waals surface area contributed by atoms with Gasteiger partial charge in [0.25, 0.3) is 5.91 Å². The lowest BCUT2D eigenvalue weighted by Gasteiger charge is -2.18. The number of ether oxygens (including phenoxy) is 1. The van der Waals surface area contributed by atoms with E-state index in [1.165, 1.54) is 11.1 Å². The number of rotatable bonds is 7. The van der Waals surface area contributed by atoms with E-state index in [1.807, 2.05) is 25.1 Å². The van der Waals surface area contributed by atoms with Gasteiger partial charge in [-0.05, 0) is 30.9 Å². The summed E-state index contributed by atoms with van der Waals surface area (Å²) in [6.07, 6.45) is 1.17. The molecule has 0 spiro atoms. The Bertz CT molecular complexity index is 782. The Morgan fingerprint density at radius 2 is 2.00 bits per heavy atom. The highest BCUT2D eigenvalue weighted by Crippen LogP contribution is 2.35. The molecule has 1 aromatic heterocycles. The Morgan fingerprint density at radius 1 is 1.35 bits per heavy atom. The highest BCUT2D eigenvalue weighted by Gasteiger charge is 2.27. The van der Waals surface area contributed by atoms with E-state index in [0.29, 0.717) is 18.1 Å². The fraction of sp³-hybridized carbons (Fsp3) is 0.400. The minimum atomic E-state index is -0.786. The molecule has 1 aromatic carbocycles. The summed E-state index contributed by atoms with van der Waals surface area (Å²) >= 11 is 0. The molecule has 0 aliphatic heterocycles. The van der Waals surface area contributed by atoms with Crippen molar-refractivity contribution in [2.75, 3.05) is 13.2 Å². The molecule has 3 rings (SSSR count). The number of pyridine rings is 1. The van der Waals surface area contributed by atoms with Gasteiger partial charge in [0, 0.05) is 30.6 Å². The van der Waals surface area contributed by atoms with Crippen molar-refractivity contribution in [3.05, 3.63) is 58.4 Å². The highest BCUT2D eigenvalue weighted by molar-refractivity contribution is 5.96. The summed E-state index contributed by atoms with van der Waals surface area (Å²) in [6, 6.07) is 10.2. The molecule has 26 heavy (non-hydrogen) atoms. The summed E-state index contributed by atoms with van der Waals surface area (Å²) in [4.78, 5) is 16.7. The van der Waals surface area contributed by atoms with E-state index in [4.69, 9.17) is 21.2 Å². The Balaban J connectivity index is 2.02. The van der Waals surface area contributed by atoms with Crippen molar-refractivity contribution in [3.63, 3.8) is 0 Å². The number of hydrogen-bond donors (Lipinski definition) is 3. The molecule has 5 N–H and O–H groups in total. The first-order valence-electron chi connectivity index (χ1n) is 8.94. The quantitative estimate of drug-likeness (QED) is 0.694. The van der Waals surface area contributed by atoms with Gasteiger partial charge in [-0.15, -0.1) is 0 Å². The molecule has 0 saturated carbocycles. The number of nitrogens with two attached hydrogens (primary N) is 2. The highest BCUT2D eigenvalue weighted by atomic mass is 16.5. The zero-order valence-electron chi connectivity index (χ0n) is 14.9. The lowest BCUT2D eigenvalue weighted by Crippen LogP contribution is -2.26. The third-order valence-electron chi connectivity index (χ3n) is 4.79. The van der Waals surface area contributed by atoms with Crippen molar-refractivity contribution in [2.45, 2.75) is 38.2 Å². The minimum Gasteiger partial charge on any atom is -0.493 e. The molecule has 0 fully saturated rings. The van der Waals surface area contributed by atoms with Gasteiger partial charge in [-0.3, -0.25) is 9.78 Å². The van der Waals surface area contributed by atoms with E-state index in [-0.39, 0.29) is 24.4 Å². The second-order valence-corrected chi connectivity index (χ2v) is 6.63. The molecule has 1 unspecified atom stereocenters. The van der Waals surface area contributed by atoms with Crippen LogP contribution < -0.4 is 16.2 Å². The van der Waals surface area contributed by atoms with Crippen molar-refractivity contribution in [3.8, 4) is 5.75 Å². The smallest absolute Gasteiger partial charge is 0.254 e. The fourth-order valence-corrected chi connectivity index (χ4v) is 3.56. The molecule has 1 amide bonds. The third kappa shape index (κ3) is 3.71. The van der Waals surface area contributed by atoms with Gasteiger partial charge < -0.3 is 21.3 Å². The van der Waals surface area contributed by atoms with E-state index in [2.05, 4.69) is 12.1 Å². The molecule has 1 aliphatic rings. The van der Waals surface area contributed by atoms with Crippen molar-refractivity contribution >= 4 is 5.91 Å². The summed E-state index contributed by atoms with van der Waals surface area (Å²) in [6.45, 7) is 2.35. The molecule has 6 heteroatoms. The number of hydrogen-bond acceptors (Lipinski definition) is 5. The van der Waals surface area contributed by atoms with Crippen LogP contribution in [0.4, 0.5) is 0 Å². The summed E-state index contributed by atoms with van der Waals surface area (Å²) < 4.78 is 5.68. The molecular weight excluding hydrogens is 330 g/mol. The second kappa shape index (κ2) is 7.85. The topological polar surface area (TPSA) is 111 Å². The van der Waals surface area contributed by atoms with E-state index >= 15 is 0 Å². The number of primary amides is 1. The molecule has 138 valence electrons. The van der Waals surface area contributed by atoms with Crippen LogP contribution in [-0.4, -0.2) is 35.3 Å². The van der Waals surface area contributed by atoms with Crippen LogP contribution in [0.1, 0.15) is 45.7 Å². The zero-order valence-corrected chi connectivity index (χ0v) is 14.9. The van der Waals surface area contributed by atoms with Crippen LogP contribution in [-0.2, 0) is 19.3 Å². The standard InChI is InChI=1S/C20H25N3O3/c1-2-26-18-10-16(14-7-12-5-3-4-6-13(12)8-14)23-17(9-15(24)11-21)19(18)20(22)25/h3-6,10,14-15,24H,2,7-9,11,21H2,1H3,(H2,22,25). The van der Waals surface area contributed by atoms with Gasteiger partial charge in [0.05, 0.1) is 18.4 Å². The maximum absolute atomic E-state index is 12.0. The van der Waals surface area contributed by atoms with Crippen molar-refractivity contribution < 1.29 is 14.6 Å². The number of aromatic nitrogens is 1. The van der Waals surface area contributed by atoms with Crippen molar-refractivity contribution in [1.29, 1.82) is 0 Å². The number of amides is 1. The molecule has 0 bridgehead atoms. The Hall–Kier alpha value is -2.44. The number of aliphatic hydroxyl groups excluding tert-OH is 1. The van der Waals surface area contributed by atoms with Crippen LogP contribution in [0.2, 0.25) is 0 Å². The Labute approximate surface area is 153 Å². The number of aliphatic hydroxyl groups is 1. The van der Waals surface area contributed by atoms with Crippen molar-refractivity contribution in [2.24, 2.45) is 11.5 Å². The lowest BCUT2D eigenvalue weighted by atomic mass is 9.97. The van der Waals surface area contributed by atoms with Crippen LogP contribution >= 0.6 is 0 Å². The monoisotopic (exact) mass is 355 g/mol. The minimum absolute atomic E-state index is 0.0863. The van der Waals surface area contributed by atoms with Gasteiger partial charge in [0.15, 0.2) is 0 Å². The first kappa shape index (κ1) is 18.4. The second-order valence-electron chi connectivity index (χ2n) is 6.63. The van der Waals surface area contributed by atoms with E-state index in [1.54, 1.807) is 0 Å². The predicted octanol–water partition coefficient (Wildman–Crippen LogP) is 1.32. The van der Waals surface area contributed by atoms with Crippen LogP contribution in [0, 0.1) is 0 Å². The van der Waals surface area contributed by atoms with Gasteiger partial charge in [-0.2, -0.15) is 0 Å². The number of fused-ring (bicyclic) bond motifs is 1. The normalized spacial score (nSPS) is 14.9. The Kier molecular flexibility index (Phi) is 5.54. The lowest BCUT2D eigenvalue weighted by molar-refractivity contribution is 0.0994. The van der Waals surface area contributed by atoms with E-state index in [0.717, 1.165) is 18.5 Å². The molecule has 6 nitrogen and oxygen atoms in total. The Morgan fingerprint density at radius 3 is 2.54 bits per heavy atom. The van der Waals surface area contributed by atoms with Gasteiger partial charge >= 0.3 is 0 Å². The molecular formula is C20H25N3O3. The predicted molar refractivity (Wildman–Crippen MR) is 99.3 cm³/mol. The first-order valence-corrected chi connectivity index (χ1v) is 8.94. The summed E-state index contributed by atoms with van der Waals surface area (Å²) in [5.74, 6) is 0.0314. The summed E-state index contributed by atoms with van der Waals surface area (Å²) in [7, 11) is 0. The van der Waals surface area contributed by atoms with Gasteiger partial charge in [-0.25, -0.2) is 0 Å². The number of nitrogens with zero attached hydrogens (tertiary/aromatic N) is 1. The molecule has 1 heterocycles. The van der Waals surface area contributed by atoms with Crippen LogP contribution in [0.3, 0.4) is 0 Å². The maximum Gasteiger partial charge on any atom is 0.254 e. The largest absolute Gasteiger partial charge is 0.493 e. The number of benzene rings is 1. The number of carbonyl (C=O) groups is 1. The summed E-state index contributed by atoms with van der Waals surface area (Å²) in [5, 5.41) is 9.98. The average Bonchev–Trinajstić information content (AvgIpc) is 3.05. The number of carbonyl (C=O) groups excluding carboxylic acids is 1. The molecule has 2 aromatic rings. The van der Waals surface area contributed by atoms with E-state index < -0.39 is 12.0 Å². The average molecular weight is 355 g/mol. The van der Waals surface area contributed by atoms with Gasteiger partial charge in [0.1, 0.15) is 11.3 Å². The van der Waals surface area contributed by atoms with Crippen LogP contribution in [0.15, 0.2) is 30.3 Å². The SMILES string of the molecule is CCOc1cc(C2Cc3ccccc3C2)nc(CC(O)CN)c1C(N)=O. The van der Waals surface area contributed by atoms with Crippen LogP contribution in [0.25, 0.3) is 0 Å². The van der Waals surface area contributed by atoms with Crippen LogP contribution in [0.5, 0.6) is 5.75 Å². The van der Waals surface area contributed by atoms with Gasteiger partial charge in [-0.1, -0.05) is 24.3 Å². The third-order valence-corrected chi connectivity index (χ3v) is 4.79. The molecule has 1 atom stereocenters. The maximum atomic E-state index is 12.0. The van der Waals surface area contributed by atoms with Gasteiger partial charge in [0.2, 0.25) is 0 Å². The first-order chi connectivity index (χ1) is 12.5. The summed E-state index contributed by atoms with van der Waals surface area (Å²) in [5.41, 5.74) is 15.3. The molecule has 0 saturated heterocycles. The molecule has 0 radical (unpaired) electrons. The fourth-order valence-electron chi connectivity index (χ4n) is 3.56. The molecule has 1 aliphatic carbocycles. The zero-order chi connectivity index (χ0) is 18.7.